The highest BCUT2D eigenvalue weighted by molar-refractivity contribution is 8.00. The van der Waals surface area contributed by atoms with Gasteiger partial charge in [0.1, 0.15) is 16.5 Å². The molecule has 0 heterocycles. The fourth-order valence-corrected chi connectivity index (χ4v) is 17.3. The van der Waals surface area contributed by atoms with E-state index in [1.165, 1.54) is 13.0 Å². The summed E-state index contributed by atoms with van der Waals surface area (Å²) in [6.45, 7) is 24.1. The molecule has 24 heavy (non-hydrogen) atoms. The maximum atomic E-state index is 5.92. The SMILES string of the molecule is CCO[Si](CSCCCN([Si](C)(C)C)[Si](C)(C)C)(OCC)OCC. The molecule has 0 saturated heterocycles. The standard InChI is InChI=1S/C16H41NO3SSi3/c1-10-18-24(19-11-2,20-12-3)16-21-15-13-14-17(22(4,5)6)23(7,8)9/h10-16H2,1-9H3. The third kappa shape index (κ3) is 9.51. The second-order valence-corrected chi connectivity index (χ2v) is 22.3. The number of rotatable bonds is 14. The van der Waals surface area contributed by atoms with Crippen molar-refractivity contribution >= 4 is 37.0 Å². The van der Waals surface area contributed by atoms with E-state index in [1.807, 2.05) is 32.5 Å². The van der Waals surface area contributed by atoms with E-state index in [0.29, 0.717) is 19.8 Å². The molecule has 0 N–H and O–H groups in total. The molecule has 0 fully saturated rings. The second kappa shape index (κ2) is 11.5. The zero-order valence-electron chi connectivity index (χ0n) is 17.5. The zero-order valence-corrected chi connectivity index (χ0v) is 21.3. The van der Waals surface area contributed by atoms with Crippen LogP contribution in [-0.4, -0.2) is 67.0 Å². The van der Waals surface area contributed by atoms with E-state index in [2.05, 4.69) is 43.5 Å². The summed E-state index contributed by atoms with van der Waals surface area (Å²) in [7, 11) is -4.95. The Morgan fingerprint density at radius 2 is 1.17 bits per heavy atom. The van der Waals surface area contributed by atoms with Crippen LogP contribution in [0, 0.1) is 0 Å². The zero-order chi connectivity index (χ0) is 18.9. The van der Waals surface area contributed by atoms with E-state index < -0.39 is 25.3 Å². The lowest BCUT2D eigenvalue weighted by molar-refractivity contribution is 0.0773. The van der Waals surface area contributed by atoms with Gasteiger partial charge >= 0.3 is 8.80 Å². The van der Waals surface area contributed by atoms with Crippen molar-refractivity contribution in [2.45, 2.75) is 66.5 Å². The highest BCUT2D eigenvalue weighted by Crippen LogP contribution is 2.22. The van der Waals surface area contributed by atoms with Crippen molar-refractivity contribution in [3.05, 3.63) is 0 Å². The predicted octanol–water partition coefficient (Wildman–Crippen LogP) is 4.67. The van der Waals surface area contributed by atoms with E-state index in [0.717, 1.165) is 11.1 Å². The molecule has 0 spiro atoms. The molecule has 0 aromatic heterocycles. The summed E-state index contributed by atoms with van der Waals surface area (Å²) in [4.78, 5) is 0. The third-order valence-corrected chi connectivity index (χ3v) is 16.4. The molecule has 0 aliphatic rings. The first-order chi connectivity index (χ1) is 11.0. The van der Waals surface area contributed by atoms with Crippen LogP contribution in [0.15, 0.2) is 0 Å². The molecule has 4 nitrogen and oxygen atoms in total. The predicted molar refractivity (Wildman–Crippen MR) is 116 cm³/mol. The van der Waals surface area contributed by atoms with Crippen molar-refractivity contribution in [2.75, 3.05) is 37.5 Å². The van der Waals surface area contributed by atoms with Crippen LogP contribution in [0.1, 0.15) is 27.2 Å². The average Bonchev–Trinajstić information content (AvgIpc) is 2.40. The van der Waals surface area contributed by atoms with E-state index >= 15 is 0 Å². The van der Waals surface area contributed by atoms with Crippen molar-refractivity contribution in [1.29, 1.82) is 0 Å². The molecule has 0 aromatic carbocycles. The van der Waals surface area contributed by atoms with Crippen molar-refractivity contribution < 1.29 is 13.3 Å². The van der Waals surface area contributed by atoms with Gasteiger partial charge in [-0.2, -0.15) is 11.8 Å². The maximum absolute atomic E-state index is 5.92. The van der Waals surface area contributed by atoms with Crippen LogP contribution in [0.2, 0.25) is 39.3 Å². The Balaban J connectivity index is 4.47. The molecule has 0 amide bonds. The summed E-state index contributed by atoms with van der Waals surface area (Å²) in [5, 5.41) is 0.864. The molecule has 0 aromatic rings. The minimum absolute atomic E-state index is 0.659. The van der Waals surface area contributed by atoms with Crippen molar-refractivity contribution in [3.8, 4) is 0 Å². The molecule has 0 bridgehead atoms. The molecular weight excluding hydrogens is 371 g/mol. The monoisotopic (exact) mass is 411 g/mol. The van der Waals surface area contributed by atoms with Crippen LogP contribution in [0.25, 0.3) is 0 Å². The van der Waals surface area contributed by atoms with E-state index in [4.69, 9.17) is 13.3 Å². The summed E-state index contributed by atoms with van der Waals surface area (Å²) in [6.07, 6.45) is 1.23. The van der Waals surface area contributed by atoms with Gasteiger partial charge in [0.2, 0.25) is 0 Å². The summed E-state index contributed by atoms with van der Waals surface area (Å²) in [6, 6.07) is 0. The third-order valence-electron chi connectivity index (χ3n) is 3.66. The molecule has 8 heteroatoms. The molecule has 146 valence electrons. The van der Waals surface area contributed by atoms with E-state index in [-0.39, 0.29) is 0 Å². The van der Waals surface area contributed by atoms with Gasteiger partial charge in [0.25, 0.3) is 0 Å². The minimum Gasteiger partial charge on any atom is -0.373 e. The highest BCUT2D eigenvalue weighted by Gasteiger charge is 2.40. The van der Waals surface area contributed by atoms with Gasteiger partial charge in [-0.1, -0.05) is 39.3 Å². The molecular formula is C16H41NO3SSi3. The van der Waals surface area contributed by atoms with Crippen LogP contribution in [0.4, 0.5) is 0 Å². The highest BCUT2D eigenvalue weighted by atomic mass is 32.2. The first kappa shape index (κ1) is 24.8. The lowest BCUT2D eigenvalue weighted by atomic mass is 10.5. The number of nitrogens with zero attached hydrogens (tertiary/aromatic N) is 1. The molecule has 0 atom stereocenters. The summed E-state index contributed by atoms with van der Waals surface area (Å²) in [5.74, 6) is 1.15. The van der Waals surface area contributed by atoms with Crippen LogP contribution in [0.5, 0.6) is 0 Å². The van der Waals surface area contributed by atoms with Gasteiger partial charge in [-0.25, -0.2) is 0 Å². The van der Waals surface area contributed by atoms with Crippen molar-refractivity contribution in [2.24, 2.45) is 0 Å². The normalized spacial score (nSPS) is 13.8. The van der Waals surface area contributed by atoms with Gasteiger partial charge < -0.3 is 17.5 Å². The van der Waals surface area contributed by atoms with Gasteiger partial charge in [0, 0.05) is 19.8 Å². The molecule has 0 aliphatic heterocycles. The van der Waals surface area contributed by atoms with Crippen LogP contribution in [-0.2, 0) is 13.3 Å². The Morgan fingerprint density at radius 3 is 1.50 bits per heavy atom. The Morgan fingerprint density at radius 1 is 0.750 bits per heavy atom. The molecule has 0 saturated carbocycles. The fraction of sp³-hybridized carbons (Fsp3) is 1.00. The topological polar surface area (TPSA) is 30.9 Å². The number of hydrogen-bond acceptors (Lipinski definition) is 5. The van der Waals surface area contributed by atoms with Crippen molar-refractivity contribution in [3.63, 3.8) is 0 Å². The molecule has 0 rings (SSSR count). The molecule has 0 aliphatic carbocycles. The molecule has 0 unspecified atom stereocenters. The van der Waals surface area contributed by atoms with E-state index in [9.17, 15) is 0 Å². The number of thioether (sulfide) groups is 1. The fourth-order valence-electron chi connectivity index (χ4n) is 3.11. The smallest absolute Gasteiger partial charge is 0.373 e. The first-order valence-corrected chi connectivity index (χ1v) is 19.3. The van der Waals surface area contributed by atoms with Gasteiger partial charge in [-0.15, -0.1) is 0 Å². The van der Waals surface area contributed by atoms with Crippen molar-refractivity contribution in [1.82, 2.24) is 4.23 Å². The minimum atomic E-state index is -2.48. The summed E-state index contributed by atoms with van der Waals surface area (Å²) < 4.78 is 20.6. The summed E-state index contributed by atoms with van der Waals surface area (Å²) in [5.41, 5.74) is 0. The van der Waals surface area contributed by atoms with E-state index in [1.54, 1.807) is 0 Å². The largest absolute Gasteiger partial charge is 0.511 e. The van der Waals surface area contributed by atoms with Gasteiger partial charge in [0.15, 0.2) is 0 Å². The van der Waals surface area contributed by atoms with Crippen LogP contribution in [0.3, 0.4) is 0 Å². The molecule has 0 radical (unpaired) electrons. The van der Waals surface area contributed by atoms with Gasteiger partial charge in [-0.3, -0.25) is 0 Å². The van der Waals surface area contributed by atoms with Crippen LogP contribution >= 0.6 is 11.8 Å². The number of hydrogen-bond donors (Lipinski definition) is 0. The van der Waals surface area contributed by atoms with Crippen LogP contribution < -0.4 is 0 Å². The Bertz CT molecular complexity index is 304. The Kier molecular flexibility index (Phi) is 11.9. The Labute approximate surface area is 158 Å². The Hall–Kier alpha value is 0.841. The quantitative estimate of drug-likeness (QED) is 0.306. The second-order valence-electron chi connectivity index (χ2n) is 7.88. The van der Waals surface area contributed by atoms with Gasteiger partial charge in [-0.05, 0) is 39.5 Å². The first-order valence-electron chi connectivity index (χ1n) is 9.29. The lowest BCUT2D eigenvalue weighted by Crippen LogP contribution is -2.59. The average molecular weight is 412 g/mol. The maximum Gasteiger partial charge on any atom is 0.511 e. The lowest BCUT2D eigenvalue weighted by Gasteiger charge is -2.43. The van der Waals surface area contributed by atoms with Gasteiger partial charge in [0.05, 0.1) is 5.38 Å². The summed E-state index contributed by atoms with van der Waals surface area (Å²) >= 11 is 1.93.